The lowest BCUT2D eigenvalue weighted by atomic mass is 10.0. The number of halogens is 3. The topological polar surface area (TPSA) is 3.24 Å². The second kappa shape index (κ2) is 9.51. The molecule has 5 rings (SSSR count). The quantitative estimate of drug-likeness (QED) is 0.250. The number of benzene rings is 5. The van der Waals surface area contributed by atoms with Crippen LogP contribution in [0.15, 0.2) is 133 Å². The highest BCUT2D eigenvalue weighted by atomic mass is 19.4. The summed E-state index contributed by atoms with van der Waals surface area (Å²) in [5.74, 6) is 0. The Bertz CT molecular complexity index is 1290. The first-order valence-corrected chi connectivity index (χ1v) is 11.3. The molecule has 1 nitrogen and oxygen atoms in total. The van der Waals surface area contributed by atoms with Gasteiger partial charge in [0.2, 0.25) is 0 Å². The number of alkyl halides is 3. The molecule has 0 heterocycles. The summed E-state index contributed by atoms with van der Waals surface area (Å²) < 4.78 is 39.5. The Morgan fingerprint density at radius 3 is 1.03 bits per heavy atom. The minimum atomic E-state index is -4.38. The van der Waals surface area contributed by atoms with Gasteiger partial charge in [-0.1, -0.05) is 84.9 Å². The third-order valence-electron chi connectivity index (χ3n) is 5.92. The van der Waals surface area contributed by atoms with Gasteiger partial charge in [0.15, 0.2) is 0 Å². The Labute approximate surface area is 202 Å². The van der Waals surface area contributed by atoms with Crippen molar-refractivity contribution in [3.8, 4) is 22.3 Å². The van der Waals surface area contributed by atoms with Crippen molar-refractivity contribution in [3.63, 3.8) is 0 Å². The molecule has 35 heavy (non-hydrogen) atoms. The average Bonchev–Trinajstić information content (AvgIpc) is 2.90. The first-order valence-electron chi connectivity index (χ1n) is 11.3. The zero-order chi connectivity index (χ0) is 24.3. The molecule has 5 aromatic carbocycles. The average molecular weight is 466 g/mol. The van der Waals surface area contributed by atoms with E-state index in [-0.39, 0.29) is 0 Å². The SMILES string of the molecule is FC(F)(F)c1ccc(N(c2ccc(-c3ccccc3)cc2)c2ccc(-c3ccccc3)cc2)cc1. The van der Waals surface area contributed by atoms with Crippen LogP contribution in [0, 0.1) is 0 Å². The predicted octanol–water partition coefficient (Wildman–Crippen LogP) is 9.51. The molecule has 0 aliphatic rings. The predicted molar refractivity (Wildman–Crippen MR) is 137 cm³/mol. The third kappa shape index (κ3) is 4.97. The molecular weight excluding hydrogens is 443 g/mol. The lowest BCUT2D eigenvalue weighted by Crippen LogP contribution is -2.11. The van der Waals surface area contributed by atoms with Crippen LogP contribution in [0.3, 0.4) is 0 Å². The van der Waals surface area contributed by atoms with Crippen molar-refractivity contribution in [1.29, 1.82) is 0 Å². The molecule has 0 atom stereocenters. The summed E-state index contributed by atoms with van der Waals surface area (Å²) in [6.07, 6.45) is -4.38. The lowest BCUT2D eigenvalue weighted by Gasteiger charge is -2.26. The summed E-state index contributed by atoms with van der Waals surface area (Å²) in [4.78, 5) is 1.96. The molecular formula is C31H22F3N. The zero-order valence-corrected chi connectivity index (χ0v) is 18.8. The standard InChI is InChI=1S/C31H22F3N/c32-31(33,34)27-15-21-30(22-16-27)35(28-17-11-25(12-18-28)23-7-3-1-4-8-23)29-19-13-26(14-20-29)24-9-5-2-6-10-24/h1-22H. The van der Waals surface area contributed by atoms with Crippen molar-refractivity contribution in [2.45, 2.75) is 6.18 Å². The van der Waals surface area contributed by atoms with Crippen molar-refractivity contribution >= 4 is 17.1 Å². The van der Waals surface area contributed by atoms with Crippen LogP contribution < -0.4 is 4.90 Å². The monoisotopic (exact) mass is 465 g/mol. The Morgan fingerprint density at radius 2 is 0.686 bits per heavy atom. The van der Waals surface area contributed by atoms with E-state index in [1.807, 2.05) is 114 Å². The van der Waals surface area contributed by atoms with Crippen LogP contribution in [0.4, 0.5) is 30.2 Å². The van der Waals surface area contributed by atoms with Crippen molar-refractivity contribution in [1.82, 2.24) is 0 Å². The van der Waals surface area contributed by atoms with Crippen molar-refractivity contribution in [2.75, 3.05) is 4.90 Å². The number of hydrogen-bond donors (Lipinski definition) is 0. The van der Waals surface area contributed by atoms with Crippen LogP contribution in [0.25, 0.3) is 22.3 Å². The maximum Gasteiger partial charge on any atom is 0.416 e. The summed E-state index contributed by atoms with van der Waals surface area (Å²) in [6.45, 7) is 0. The van der Waals surface area contributed by atoms with Gasteiger partial charge in [-0.25, -0.2) is 0 Å². The van der Waals surface area contributed by atoms with Gasteiger partial charge < -0.3 is 4.90 Å². The molecule has 0 saturated heterocycles. The Morgan fingerprint density at radius 1 is 0.371 bits per heavy atom. The largest absolute Gasteiger partial charge is 0.416 e. The summed E-state index contributed by atoms with van der Waals surface area (Å²) in [5.41, 5.74) is 6.05. The Hall–Kier alpha value is -4.31. The van der Waals surface area contributed by atoms with Crippen LogP contribution in [0.5, 0.6) is 0 Å². The number of nitrogens with zero attached hydrogens (tertiary/aromatic N) is 1. The minimum absolute atomic E-state index is 0.651. The second-order valence-corrected chi connectivity index (χ2v) is 8.21. The number of hydrogen-bond acceptors (Lipinski definition) is 1. The highest BCUT2D eigenvalue weighted by Crippen LogP contribution is 2.38. The normalized spacial score (nSPS) is 11.3. The van der Waals surface area contributed by atoms with Crippen LogP contribution in [-0.4, -0.2) is 0 Å². The number of rotatable bonds is 5. The van der Waals surface area contributed by atoms with Gasteiger partial charge in [-0.2, -0.15) is 13.2 Å². The fraction of sp³-hybridized carbons (Fsp3) is 0.0323. The molecule has 0 radical (unpaired) electrons. The number of anilines is 3. The van der Waals surface area contributed by atoms with E-state index < -0.39 is 11.7 Å². The highest BCUT2D eigenvalue weighted by Gasteiger charge is 2.30. The maximum atomic E-state index is 13.2. The van der Waals surface area contributed by atoms with Gasteiger partial charge in [0.1, 0.15) is 0 Å². The summed E-state index contributed by atoms with van der Waals surface area (Å²) in [5, 5.41) is 0. The molecule has 5 aromatic rings. The first kappa shape index (κ1) is 22.5. The summed E-state index contributed by atoms with van der Waals surface area (Å²) >= 11 is 0. The van der Waals surface area contributed by atoms with Gasteiger partial charge >= 0.3 is 6.18 Å². The van der Waals surface area contributed by atoms with E-state index >= 15 is 0 Å². The molecule has 0 N–H and O–H groups in total. The Kier molecular flexibility index (Phi) is 6.11. The van der Waals surface area contributed by atoms with Gasteiger partial charge in [-0.3, -0.25) is 0 Å². The van der Waals surface area contributed by atoms with E-state index in [1.54, 1.807) is 0 Å². The second-order valence-electron chi connectivity index (χ2n) is 8.21. The molecule has 0 fully saturated rings. The molecule has 172 valence electrons. The molecule has 0 amide bonds. The summed E-state index contributed by atoms with van der Waals surface area (Å²) in [7, 11) is 0. The van der Waals surface area contributed by atoms with Gasteiger partial charge in [0, 0.05) is 17.1 Å². The van der Waals surface area contributed by atoms with Crippen molar-refractivity contribution in [3.05, 3.63) is 139 Å². The van der Waals surface area contributed by atoms with E-state index in [0.29, 0.717) is 5.69 Å². The van der Waals surface area contributed by atoms with Crippen LogP contribution in [0.2, 0.25) is 0 Å². The minimum Gasteiger partial charge on any atom is -0.311 e. The Balaban J connectivity index is 1.54. The lowest BCUT2D eigenvalue weighted by molar-refractivity contribution is -0.137. The van der Waals surface area contributed by atoms with Crippen LogP contribution in [-0.2, 0) is 6.18 Å². The first-order chi connectivity index (χ1) is 17.0. The van der Waals surface area contributed by atoms with Crippen molar-refractivity contribution < 1.29 is 13.2 Å². The fourth-order valence-corrected chi connectivity index (χ4v) is 4.11. The third-order valence-corrected chi connectivity index (χ3v) is 5.92. The smallest absolute Gasteiger partial charge is 0.311 e. The van der Waals surface area contributed by atoms with Crippen LogP contribution in [0.1, 0.15) is 5.56 Å². The van der Waals surface area contributed by atoms with Gasteiger partial charge in [-0.15, -0.1) is 0 Å². The summed E-state index contributed by atoms with van der Waals surface area (Å²) in [6, 6.07) is 41.5. The van der Waals surface area contributed by atoms with Crippen LogP contribution >= 0.6 is 0 Å². The molecule has 4 heteroatoms. The molecule has 0 aliphatic heterocycles. The van der Waals surface area contributed by atoms with E-state index in [4.69, 9.17) is 0 Å². The van der Waals surface area contributed by atoms with E-state index in [2.05, 4.69) is 0 Å². The van der Waals surface area contributed by atoms with E-state index in [1.165, 1.54) is 12.1 Å². The zero-order valence-electron chi connectivity index (χ0n) is 18.8. The molecule has 0 spiro atoms. The molecule has 0 unspecified atom stereocenters. The van der Waals surface area contributed by atoms with E-state index in [9.17, 15) is 13.2 Å². The highest BCUT2D eigenvalue weighted by molar-refractivity contribution is 5.79. The molecule has 0 aromatic heterocycles. The fourth-order valence-electron chi connectivity index (χ4n) is 4.11. The molecule has 0 bridgehead atoms. The molecule has 0 aliphatic carbocycles. The van der Waals surface area contributed by atoms with Gasteiger partial charge in [0.05, 0.1) is 5.56 Å². The van der Waals surface area contributed by atoms with Gasteiger partial charge in [0.25, 0.3) is 0 Å². The maximum absolute atomic E-state index is 13.2. The van der Waals surface area contributed by atoms with E-state index in [0.717, 1.165) is 45.8 Å². The molecule has 0 saturated carbocycles. The van der Waals surface area contributed by atoms with Gasteiger partial charge in [-0.05, 0) is 70.8 Å². The van der Waals surface area contributed by atoms with Crippen molar-refractivity contribution in [2.24, 2.45) is 0 Å².